The molecule has 1 aromatic heterocycles. The molecule has 2 heterocycles. The molecule has 1 fully saturated rings. The minimum atomic E-state index is -0.155. The number of hydrogen-bond donors (Lipinski definition) is 2. The maximum atomic E-state index is 13.3. The van der Waals surface area contributed by atoms with Crippen molar-refractivity contribution in [3.63, 3.8) is 0 Å². The number of ether oxygens (including phenoxy) is 1. The number of amides is 3. The first kappa shape index (κ1) is 25.2. The van der Waals surface area contributed by atoms with Gasteiger partial charge in [-0.3, -0.25) is 14.4 Å². The zero-order valence-corrected chi connectivity index (χ0v) is 21.2. The van der Waals surface area contributed by atoms with Gasteiger partial charge < -0.3 is 24.8 Å². The molecule has 2 N–H and O–H groups in total. The standard InChI is InChI=1S/C27H38N4O4/c1-4-29-26(33)16-30(5-2)27(34)20-7-9-24-22(15-20)21-14-19(18-10-12-35-13-11-18)6-8-23(21)31(24)17-25(32)28-3/h7,9,15,18-19H,4-6,8,10-14,16-17H2,1-3H3,(H,28,32)(H,29,33). The summed E-state index contributed by atoms with van der Waals surface area (Å²) in [6.07, 6.45) is 5.22. The number of likely N-dealkylation sites (N-methyl/N-ethyl adjacent to an activating group) is 3. The predicted molar refractivity (Wildman–Crippen MR) is 135 cm³/mol. The van der Waals surface area contributed by atoms with Gasteiger partial charge in [0.1, 0.15) is 6.54 Å². The highest BCUT2D eigenvalue weighted by atomic mass is 16.5. The van der Waals surface area contributed by atoms with Crippen LogP contribution in [0.1, 0.15) is 54.7 Å². The van der Waals surface area contributed by atoms with E-state index in [1.165, 1.54) is 11.3 Å². The van der Waals surface area contributed by atoms with Gasteiger partial charge in [0.15, 0.2) is 0 Å². The maximum absolute atomic E-state index is 13.3. The van der Waals surface area contributed by atoms with Crippen molar-refractivity contribution in [2.45, 2.75) is 52.5 Å². The summed E-state index contributed by atoms with van der Waals surface area (Å²) in [6, 6.07) is 5.77. The van der Waals surface area contributed by atoms with E-state index in [0.29, 0.717) is 30.5 Å². The molecule has 1 unspecified atom stereocenters. The fraction of sp³-hybridized carbons (Fsp3) is 0.593. The molecule has 1 aliphatic carbocycles. The zero-order chi connectivity index (χ0) is 24.9. The number of carbonyl (C=O) groups excluding carboxylic acids is 3. The van der Waals surface area contributed by atoms with E-state index in [0.717, 1.165) is 56.2 Å². The van der Waals surface area contributed by atoms with Crippen LogP contribution in [0, 0.1) is 11.8 Å². The van der Waals surface area contributed by atoms with E-state index in [1.54, 1.807) is 11.9 Å². The summed E-state index contributed by atoms with van der Waals surface area (Å²) in [5.41, 5.74) is 4.06. The molecule has 0 saturated carbocycles. The summed E-state index contributed by atoms with van der Waals surface area (Å²) in [4.78, 5) is 39.4. The number of aromatic nitrogens is 1. The highest BCUT2D eigenvalue weighted by Crippen LogP contribution is 2.39. The minimum Gasteiger partial charge on any atom is -0.381 e. The second-order valence-corrected chi connectivity index (χ2v) is 9.64. The van der Waals surface area contributed by atoms with E-state index >= 15 is 0 Å². The SMILES string of the molecule is CCNC(=O)CN(CC)C(=O)c1ccc2c(c1)c1c(n2CC(=O)NC)CCC(C2CCOCC2)C1. The van der Waals surface area contributed by atoms with Gasteiger partial charge in [-0.25, -0.2) is 0 Å². The van der Waals surface area contributed by atoms with Crippen LogP contribution in [0.2, 0.25) is 0 Å². The molecular formula is C27H38N4O4. The molecule has 1 aromatic carbocycles. The topological polar surface area (TPSA) is 92.7 Å². The highest BCUT2D eigenvalue weighted by molar-refractivity contribution is 6.01. The number of benzene rings is 1. The summed E-state index contributed by atoms with van der Waals surface area (Å²) in [7, 11) is 1.66. The van der Waals surface area contributed by atoms with Crippen LogP contribution in [0.3, 0.4) is 0 Å². The molecule has 0 bridgehead atoms. The van der Waals surface area contributed by atoms with Gasteiger partial charge in [0.2, 0.25) is 11.8 Å². The van der Waals surface area contributed by atoms with Crippen molar-refractivity contribution in [1.82, 2.24) is 20.1 Å². The second-order valence-electron chi connectivity index (χ2n) is 9.64. The number of carbonyl (C=O) groups is 3. The average molecular weight is 483 g/mol. The molecule has 0 spiro atoms. The quantitative estimate of drug-likeness (QED) is 0.605. The molecule has 3 amide bonds. The Labute approximate surface area is 207 Å². The van der Waals surface area contributed by atoms with Gasteiger partial charge in [-0.05, 0) is 81.5 Å². The van der Waals surface area contributed by atoms with Crippen molar-refractivity contribution >= 4 is 28.6 Å². The number of hydrogen-bond acceptors (Lipinski definition) is 4. The summed E-state index contributed by atoms with van der Waals surface area (Å²) < 4.78 is 7.72. The lowest BCUT2D eigenvalue weighted by Gasteiger charge is -2.33. The summed E-state index contributed by atoms with van der Waals surface area (Å²) >= 11 is 0. The van der Waals surface area contributed by atoms with Gasteiger partial charge in [0.25, 0.3) is 5.91 Å². The van der Waals surface area contributed by atoms with E-state index < -0.39 is 0 Å². The largest absolute Gasteiger partial charge is 0.381 e. The maximum Gasteiger partial charge on any atom is 0.254 e. The molecule has 2 aromatic rings. The average Bonchev–Trinajstić information content (AvgIpc) is 3.19. The Morgan fingerprint density at radius 1 is 1.09 bits per heavy atom. The molecule has 4 rings (SSSR count). The Balaban J connectivity index is 1.69. The third-order valence-electron chi connectivity index (χ3n) is 7.64. The molecule has 35 heavy (non-hydrogen) atoms. The molecule has 8 heteroatoms. The van der Waals surface area contributed by atoms with E-state index in [-0.39, 0.29) is 30.8 Å². The van der Waals surface area contributed by atoms with Crippen LogP contribution in [0.4, 0.5) is 0 Å². The zero-order valence-electron chi connectivity index (χ0n) is 21.2. The predicted octanol–water partition coefficient (Wildman–Crippen LogP) is 2.52. The normalized spacial score (nSPS) is 18.2. The van der Waals surface area contributed by atoms with Crippen LogP contribution in [0.5, 0.6) is 0 Å². The Kier molecular flexibility index (Phi) is 8.11. The van der Waals surface area contributed by atoms with Crippen molar-refractivity contribution < 1.29 is 19.1 Å². The molecule has 1 saturated heterocycles. The van der Waals surface area contributed by atoms with Crippen molar-refractivity contribution in [3.05, 3.63) is 35.0 Å². The van der Waals surface area contributed by atoms with Crippen LogP contribution in [-0.2, 0) is 33.7 Å². The smallest absolute Gasteiger partial charge is 0.254 e. The molecule has 0 radical (unpaired) electrons. The highest BCUT2D eigenvalue weighted by Gasteiger charge is 2.32. The van der Waals surface area contributed by atoms with Crippen LogP contribution in [0.15, 0.2) is 18.2 Å². The van der Waals surface area contributed by atoms with Crippen LogP contribution in [0.25, 0.3) is 10.9 Å². The van der Waals surface area contributed by atoms with Gasteiger partial charge in [-0.1, -0.05) is 0 Å². The van der Waals surface area contributed by atoms with E-state index in [1.807, 2.05) is 32.0 Å². The van der Waals surface area contributed by atoms with Gasteiger partial charge in [-0.15, -0.1) is 0 Å². The van der Waals surface area contributed by atoms with E-state index in [9.17, 15) is 14.4 Å². The number of nitrogens with zero attached hydrogens (tertiary/aromatic N) is 2. The summed E-state index contributed by atoms with van der Waals surface area (Å²) in [5.74, 6) is 0.916. The van der Waals surface area contributed by atoms with Crippen molar-refractivity contribution in [3.8, 4) is 0 Å². The molecule has 190 valence electrons. The number of nitrogens with one attached hydrogen (secondary N) is 2. The third-order valence-corrected chi connectivity index (χ3v) is 7.64. The number of rotatable bonds is 8. The monoisotopic (exact) mass is 482 g/mol. The molecule has 1 aliphatic heterocycles. The fourth-order valence-electron chi connectivity index (χ4n) is 5.74. The fourth-order valence-corrected chi connectivity index (χ4v) is 5.74. The lowest BCUT2D eigenvalue weighted by molar-refractivity contribution is -0.122. The number of fused-ring (bicyclic) bond motifs is 3. The Hall–Kier alpha value is -2.87. The summed E-state index contributed by atoms with van der Waals surface area (Å²) in [6.45, 7) is 6.73. The van der Waals surface area contributed by atoms with Gasteiger partial charge in [0.05, 0.1) is 6.54 Å². The van der Waals surface area contributed by atoms with Crippen molar-refractivity contribution in [1.29, 1.82) is 0 Å². The van der Waals surface area contributed by atoms with Gasteiger partial charge in [-0.2, -0.15) is 0 Å². The summed E-state index contributed by atoms with van der Waals surface area (Å²) in [5, 5.41) is 6.57. The first-order valence-electron chi connectivity index (χ1n) is 12.9. The van der Waals surface area contributed by atoms with E-state index in [2.05, 4.69) is 15.2 Å². The molecule has 2 aliphatic rings. The lowest BCUT2D eigenvalue weighted by atomic mass is 9.75. The molecular weight excluding hydrogens is 444 g/mol. The Morgan fingerprint density at radius 2 is 1.86 bits per heavy atom. The van der Waals surface area contributed by atoms with E-state index in [4.69, 9.17) is 4.74 Å². The molecule has 8 nitrogen and oxygen atoms in total. The van der Waals surface area contributed by atoms with Gasteiger partial charge >= 0.3 is 0 Å². The van der Waals surface area contributed by atoms with Crippen molar-refractivity contribution in [2.75, 3.05) is 39.9 Å². The Bertz CT molecular complexity index is 1090. The lowest BCUT2D eigenvalue weighted by Crippen LogP contribution is -2.40. The van der Waals surface area contributed by atoms with Crippen molar-refractivity contribution in [2.24, 2.45) is 11.8 Å². The van der Waals surface area contributed by atoms with Crippen LogP contribution < -0.4 is 10.6 Å². The van der Waals surface area contributed by atoms with Gasteiger partial charge in [0, 0.05) is 55.5 Å². The first-order valence-corrected chi connectivity index (χ1v) is 12.9. The Morgan fingerprint density at radius 3 is 2.54 bits per heavy atom. The van der Waals surface area contributed by atoms with Crippen LogP contribution in [-0.4, -0.2) is 67.1 Å². The minimum absolute atomic E-state index is 0.0319. The van der Waals surface area contributed by atoms with Crippen LogP contribution >= 0.6 is 0 Å². The molecule has 1 atom stereocenters. The third kappa shape index (κ3) is 5.37. The first-order chi connectivity index (χ1) is 17.0. The second kappa shape index (κ2) is 11.2.